The lowest BCUT2D eigenvalue weighted by atomic mass is 10.2. The molecule has 2 aromatic carbocycles. The van der Waals surface area contributed by atoms with Gasteiger partial charge in [-0.3, -0.25) is 4.79 Å². The molecule has 7 heteroatoms. The summed E-state index contributed by atoms with van der Waals surface area (Å²) in [6, 6.07) is 14.1. The van der Waals surface area contributed by atoms with E-state index >= 15 is 0 Å². The van der Waals surface area contributed by atoms with Crippen LogP contribution in [-0.2, 0) is 4.79 Å². The fourth-order valence-corrected chi connectivity index (χ4v) is 4.19. The van der Waals surface area contributed by atoms with Crippen LogP contribution in [0.3, 0.4) is 0 Å². The van der Waals surface area contributed by atoms with Crippen molar-refractivity contribution in [1.82, 2.24) is 4.90 Å². The van der Waals surface area contributed by atoms with Crippen molar-refractivity contribution in [2.24, 2.45) is 4.99 Å². The van der Waals surface area contributed by atoms with Crippen molar-refractivity contribution in [2.45, 2.75) is 0 Å². The average Bonchev–Trinajstić information content (AvgIpc) is 3.09. The van der Waals surface area contributed by atoms with Crippen LogP contribution in [0.15, 0.2) is 58.4 Å². The highest BCUT2D eigenvalue weighted by Gasteiger charge is 2.28. The van der Waals surface area contributed by atoms with Gasteiger partial charge in [-0.1, -0.05) is 12.1 Å². The maximum absolute atomic E-state index is 13.1. The van der Waals surface area contributed by atoms with Gasteiger partial charge in [-0.25, -0.2) is 4.39 Å². The molecule has 5 nitrogen and oxygen atoms in total. The lowest BCUT2D eigenvalue weighted by Crippen LogP contribution is -2.47. The second-order valence-electron chi connectivity index (χ2n) is 6.54. The van der Waals surface area contributed by atoms with Crippen molar-refractivity contribution < 1.29 is 13.9 Å². The summed E-state index contributed by atoms with van der Waals surface area (Å²) < 4.78 is 18.3. The molecule has 0 spiro atoms. The van der Waals surface area contributed by atoms with E-state index in [0.29, 0.717) is 4.91 Å². The standard InChI is InChI=1S/C21H20FN3O2S/c1-27-18-4-2-3-15(13-18)14-19-20(26)23-21(28-19)25-11-9-24(10-12-25)17-7-5-16(22)6-8-17/h2-8,13-14H,9-12H2,1H3/b19-14-. The Kier molecular flexibility index (Phi) is 5.34. The number of thioether (sulfide) groups is 1. The van der Waals surface area contributed by atoms with Crippen molar-refractivity contribution in [3.8, 4) is 5.75 Å². The molecule has 0 N–H and O–H groups in total. The number of carbonyl (C=O) groups excluding carboxylic acids is 1. The lowest BCUT2D eigenvalue weighted by Gasteiger charge is -2.36. The molecule has 2 aliphatic rings. The molecule has 1 saturated heterocycles. The summed E-state index contributed by atoms with van der Waals surface area (Å²) in [7, 11) is 1.62. The number of amides is 1. The minimum atomic E-state index is -0.229. The van der Waals surface area contributed by atoms with Crippen molar-refractivity contribution in [3.63, 3.8) is 0 Å². The van der Waals surface area contributed by atoms with Gasteiger partial charge in [0.2, 0.25) is 0 Å². The molecule has 0 aliphatic carbocycles. The van der Waals surface area contributed by atoms with Crippen LogP contribution >= 0.6 is 11.8 Å². The number of benzene rings is 2. The number of amidine groups is 1. The van der Waals surface area contributed by atoms with Crippen molar-refractivity contribution in [1.29, 1.82) is 0 Å². The van der Waals surface area contributed by atoms with Crippen molar-refractivity contribution in [2.75, 3.05) is 38.2 Å². The number of hydrogen-bond acceptors (Lipinski definition) is 5. The fourth-order valence-electron chi connectivity index (χ4n) is 3.22. The molecule has 0 atom stereocenters. The van der Waals surface area contributed by atoms with Gasteiger partial charge >= 0.3 is 0 Å². The number of piperazine rings is 1. The number of ether oxygens (including phenoxy) is 1. The predicted octanol–water partition coefficient (Wildman–Crippen LogP) is 3.63. The molecule has 4 rings (SSSR count). The smallest absolute Gasteiger partial charge is 0.286 e. The van der Waals surface area contributed by atoms with Gasteiger partial charge < -0.3 is 14.5 Å². The summed E-state index contributed by atoms with van der Waals surface area (Å²) in [5.74, 6) is 0.319. The maximum Gasteiger partial charge on any atom is 0.286 e. The molecule has 2 heterocycles. The Morgan fingerprint density at radius 1 is 1.07 bits per heavy atom. The highest BCUT2D eigenvalue weighted by Crippen LogP contribution is 2.31. The Labute approximate surface area is 167 Å². The highest BCUT2D eigenvalue weighted by atomic mass is 32.2. The van der Waals surface area contributed by atoms with Crippen LogP contribution in [0.2, 0.25) is 0 Å². The van der Waals surface area contributed by atoms with Crippen molar-refractivity contribution in [3.05, 3.63) is 64.8 Å². The number of aliphatic imine (C=N–C) groups is 1. The van der Waals surface area contributed by atoms with E-state index in [9.17, 15) is 9.18 Å². The first kappa shape index (κ1) is 18.6. The third-order valence-electron chi connectivity index (χ3n) is 4.74. The van der Waals surface area contributed by atoms with Crippen LogP contribution in [-0.4, -0.2) is 49.3 Å². The SMILES string of the molecule is COc1cccc(/C=C2\SC(N3CCN(c4ccc(F)cc4)CC3)=NC2=O)c1. The van der Waals surface area contributed by atoms with E-state index in [1.54, 1.807) is 19.2 Å². The summed E-state index contributed by atoms with van der Waals surface area (Å²) in [6.45, 7) is 3.13. The third kappa shape index (κ3) is 4.04. The number of methoxy groups -OCH3 is 1. The first-order chi connectivity index (χ1) is 13.6. The fraction of sp³-hybridized carbons (Fsp3) is 0.238. The van der Waals surface area contributed by atoms with E-state index in [-0.39, 0.29) is 11.7 Å². The van der Waals surface area contributed by atoms with Gasteiger partial charge in [0.05, 0.1) is 12.0 Å². The molecule has 0 unspecified atom stereocenters. The number of carbonyl (C=O) groups is 1. The number of halogens is 1. The van der Waals surface area contributed by atoms with Gasteiger partial charge in [0.15, 0.2) is 5.17 Å². The Morgan fingerprint density at radius 3 is 2.50 bits per heavy atom. The molecule has 2 aliphatic heterocycles. The van der Waals surface area contributed by atoms with Crippen LogP contribution in [0.25, 0.3) is 6.08 Å². The molecule has 1 amide bonds. The first-order valence-electron chi connectivity index (χ1n) is 9.04. The van der Waals surface area contributed by atoms with Crippen LogP contribution in [0.5, 0.6) is 5.75 Å². The third-order valence-corrected chi connectivity index (χ3v) is 5.79. The lowest BCUT2D eigenvalue weighted by molar-refractivity contribution is -0.113. The van der Waals surface area contributed by atoms with Crippen LogP contribution < -0.4 is 9.64 Å². The van der Waals surface area contributed by atoms with Gasteiger partial charge in [0.25, 0.3) is 5.91 Å². The quantitative estimate of drug-likeness (QED) is 0.740. The van der Waals surface area contributed by atoms with Gasteiger partial charge in [0.1, 0.15) is 11.6 Å². The topological polar surface area (TPSA) is 45.1 Å². The molecular formula is C21H20FN3O2S. The number of anilines is 1. The molecular weight excluding hydrogens is 377 g/mol. The summed E-state index contributed by atoms with van der Waals surface area (Å²) in [5, 5.41) is 0.748. The summed E-state index contributed by atoms with van der Waals surface area (Å²) >= 11 is 1.41. The Balaban J connectivity index is 1.40. The van der Waals surface area contributed by atoms with E-state index in [1.165, 1.54) is 23.9 Å². The maximum atomic E-state index is 13.1. The molecule has 0 aromatic heterocycles. The van der Waals surface area contributed by atoms with Gasteiger partial charge in [-0.2, -0.15) is 4.99 Å². The first-order valence-corrected chi connectivity index (χ1v) is 9.86. The number of rotatable bonds is 3. The number of hydrogen-bond donors (Lipinski definition) is 0. The van der Waals surface area contributed by atoms with Gasteiger partial charge in [-0.15, -0.1) is 0 Å². The zero-order valence-electron chi connectivity index (χ0n) is 15.5. The van der Waals surface area contributed by atoms with E-state index in [1.807, 2.05) is 30.3 Å². The summed E-state index contributed by atoms with van der Waals surface area (Å²) in [4.78, 5) is 21.5. The molecule has 1 fully saturated rings. The zero-order chi connectivity index (χ0) is 19.5. The molecule has 0 saturated carbocycles. The minimum Gasteiger partial charge on any atom is -0.497 e. The van der Waals surface area contributed by atoms with Gasteiger partial charge in [0, 0.05) is 31.9 Å². The monoisotopic (exact) mass is 397 g/mol. The molecule has 0 radical (unpaired) electrons. The second-order valence-corrected chi connectivity index (χ2v) is 7.55. The van der Waals surface area contributed by atoms with Crippen molar-refractivity contribution >= 4 is 34.6 Å². The normalized spacial score (nSPS) is 18.6. The van der Waals surface area contributed by atoms with Crippen LogP contribution in [0.4, 0.5) is 10.1 Å². The average molecular weight is 397 g/mol. The Bertz CT molecular complexity index is 935. The van der Waals surface area contributed by atoms with E-state index in [2.05, 4.69) is 14.8 Å². The molecule has 28 heavy (non-hydrogen) atoms. The van der Waals surface area contributed by atoms with Crippen LogP contribution in [0, 0.1) is 5.82 Å². The second kappa shape index (κ2) is 8.06. The highest BCUT2D eigenvalue weighted by molar-refractivity contribution is 8.18. The Morgan fingerprint density at radius 2 is 1.79 bits per heavy atom. The molecule has 144 valence electrons. The summed E-state index contributed by atoms with van der Waals surface area (Å²) in [6.07, 6.45) is 1.85. The largest absolute Gasteiger partial charge is 0.497 e. The number of nitrogens with zero attached hydrogens (tertiary/aromatic N) is 3. The predicted molar refractivity (Wildman–Crippen MR) is 111 cm³/mol. The van der Waals surface area contributed by atoms with E-state index in [0.717, 1.165) is 48.3 Å². The molecule has 0 bridgehead atoms. The minimum absolute atomic E-state index is 0.205. The molecule has 2 aromatic rings. The van der Waals surface area contributed by atoms with E-state index in [4.69, 9.17) is 4.74 Å². The van der Waals surface area contributed by atoms with Gasteiger partial charge in [-0.05, 0) is 59.8 Å². The van der Waals surface area contributed by atoms with E-state index < -0.39 is 0 Å². The zero-order valence-corrected chi connectivity index (χ0v) is 16.3. The Hall–Kier alpha value is -2.80. The van der Waals surface area contributed by atoms with Crippen LogP contribution in [0.1, 0.15) is 5.56 Å². The summed E-state index contributed by atoms with van der Waals surface area (Å²) in [5.41, 5.74) is 1.92.